The number of allylic oxidation sites excluding steroid dienone is 8. The standard InChI is InChI=1S/C28H31BClN5O2/c29-22-18-33-35-26(17-24(34-27(22)35)20-11-4-6-13-23(20)30)31-15-8-16-32-28(36)21-12-5-7-14-25(21)37-19-9-2-1-3-10-19/h1-4,7,9,11,14,17-19,31H,5-6,8,10,12-13,15-16,29H2,(H,32,36). The highest BCUT2D eigenvalue weighted by Crippen LogP contribution is 2.30. The second kappa shape index (κ2) is 11.7. The molecule has 7 nitrogen and oxygen atoms in total. The summed E-state index contributed by atoms with van der Waals surface area (Å²) in [5.74, 6) is 1.47. The summed E-state index contributed by atoms with van der Waals surface area (Å²) in [7, 11) is 2.00. The number of rotatable bonds is 9. The molecule has 0 saturated heterocycles. The first-order valence-corrected chi connectivity index (χ1v) is 13.3. The summed E-state index contributed by atoms with van der Waals surface area (Å²) in [6.07, 6.45) is 22.9. The molecular weight excluding hydrogens is 485 g/mol. The molecule has 1 atom stereocenters. The summed E-state index contributed by atoms with van der Waals surface area (Å²) in [5, 5.41) is 11.9. The van der Waals surface area contributed by atoms with Gasteiger partial charge in [-0.1, -0.05) is 48.1 Å². The van der Waals surface area contributed by atoms with E-state index in [0.29, 0.717) is 25.3 Å². The molecule has 3 aliphatic carbocycles. The van der Waals surface area contributed by atoms with Gasteiger partial charge in [-0.3, -0.25) is 4.79 Å². The van der Waals surface area contributed by atoms with Gasteiger partial charge >= 0.3 is 0 Å². The molecule has 0 fully saturated rings. The van der Waals surface area contributed by atoms with Crippen LogP contribution in [0, 0.1) is 0 Å². The van der Waals surface area contributed by atoms with Crippen molar-refractivity contribution in [2.45, 2.75) is 44.6 Å². The van der Waals surface area contributed by atoms with Gasteiger partial charge in [0.1, 0.15) is 25.5 Å². The fourth-order valence-electron chi connectivity index (χ4n) is 4.60. The van der Waals surface area contributed by atoms with E-state index in [1.807, 2.05) is 55.0 Å². The predicted molar refractivity (Wildman–Crippen MR) is 152 cm³/mol. The van der Waals surface area contributed by atoms with Gasteiger partial charge in [-0.25, -0.2) is 4.98 Å². The topological polar surface area (TPSA) is 80.5 Å². The number of carbonyl (C=O) groups is 1. The summed E-state index contributed by atoms with van der Waals surface area (Å²) in [6, 6.07) is 1.99. The highest BCUT2D eigenvalue weighted by molar-refractivity contribution is 6.36. The molecule has 0 aromatic carbocycles. The molecule has 37 heavy (non-hydrogen) atoms. The Balaban J connectivity index is 1.20. The lowest BCUT2D eigenvalue weighted by Crippen LogP contribution is -2.29. The molecule has 5 rings (SSSR count). The van der Waals surface area contributed by atoms with E-state index in [2.05, 4.69) is 34.0 Å². The van der Waals surface area contributed by atoms with Crippen molar-refractivity contribution in [2.75, 3.05) is 18.4 Å². The van der Waals surface area contributed by atoms with Gasteiger partial charge in [-0.2, -0.15) is 9.61 Å². The summed E-state index contributed by atoms with van der Waals surface area (Å²) in [6.45, 7) is 1.22. The average Bonchev–Trinajstić information content (AvgIpc) is 3.30. The first-order valence-electron chi connectivity index (χ1n) is 12.9. The molecule has 2 aromatic heterocycles. The number of hydrogen-bond acceptors (Lipinski definition) is 5. The number of ether oxygens (including phenoxy) is 1. The molecule has 0 aliphatic heterocycles. The number of anilines is 1. The Morgan fingerprint density at radius 1 is 1.16 bits per heavy atom. The van der Waals surface area contributed by atoms with E-state index < -0.39 is 0 Å². The van der Waals surface area contributed by atoms with Gasteiger partial charge in [0.25, 0.3) is 5.91 Å². The largest absolute Gasteiger partial charge is 0.486 e. The lowest BCUT2D eigenvalue weighted by molar-refractivity contribution is -0.117. The van der Waals surface area contributed by atoms with Crippen LogP contribution in [0.2, 0.25) is 0 Å². The van der Waals surface area contributed by atoms with E-state index in [-0.39, 0.29) is 12.0 Å². The van der Waals surface area contributed by atoms with Crippen LogP contribution in [0.15, 0.2) is 77.2 Å². The number of fused-ring (bicyclic) bond motifs is 1. The van der Waals surface area contributed by atoms with Crippen molar-refractivity contribution in [1.82, 2.24) is 19.9 Å². The zero-order chi connectivity index (χ0) is 25.6. The summed E-state index contributed by atoms with van der Waals surface area (Å²) >= 11 is 6.52. The lowest BCUT2D eigenvalue weighted by Gasteiger charge is -2.21. The number of halogens is 1. The highest BCUT2D eigenvalue weighted by Gasteiger charge is 2.20. The molecular formula is C28H31BClN5O2. The maximum atomic E-state index is 12.9. The van der Waals surface area contributed by atoms with Crippen LogP contribution in [0.1, 0.15) is 44.2 Å². The Hall–Kier alpha value is -3.52. The van der Waals surface area contributed by atoms with Crippen molar-refractivity contribution in [2.24, 2.45) is 0 Å². The minimum absolute atomic E-state index is 0.0301. The van der Waals surface area contributed by atoms with Gasteiger partial charge in [0.05, 0.1) is 11.3 Å². The van der Waals surface area contributed by atoms with Crippen molar-refractivity contribution >= 4 is 47.9 Å². The van der Waals surface area contributed by atoms with Crippen molar-refractivity contribution in [1.29, 1.82) is 0 Å². The molecule has 0 saturated carbocycles. The number of carbonyl (C=O) groups excluding carboxylic acids is 1. The van der Waals surface area contributed by atoms with E-state index in [4.69, 9.17) is 21.3 Å². The molecule has 0 spiro atoms. The number of nitrogens with one attached hydrogen (secondary N) is 2. The minimum atomic E-state index is -0.0587. The van der Waals surface area contributed by atoms with Crippen molar-refractivity contribution < 1.29 is 9.53 Å². The fraction of sp³-hybridized carbons (Fsp3) is 0.321. The first-order chi connectivity index (χ1) is 18.1. The van der Waals surface area contributed by atoms with Crippen molar-refractivity contribution in [3.63, 3.8) is 0 Å². The maximum Gasteiger partial charge on any atom is 0.250 e. The fourth-order valence-corrected chi connectivity index (χ4v) is 4.87. The van der Waals surface area contributed by atoms with Crippen LogP contribution in [0.25, 0.3) is 11.2 Å². The lowest BCUT2D eigenvalue weighted by atomic mass is 10.00. The summed E-state index contributed by atoms with van der Waals surface area (Å²) < 4.78 is 7.93. The van der Waals surface area contributed by atoms with Crippen LogP contribution in [0.4, 0.5) is 5.82 Å². The van der Waals surface area contributed by atoms with Crippen LogP contribution in [-0.2, 0) is 9.53 Å². The second-order valence-electron chi connectivity index (χ2n) is 9.37. The van der Waals surface area contributed by atoms with E-state index in [0.717, 1.165) is 70.9 Å². The van der Waals surface area contributed by atoms with E-state index in [9.17, 15) is 4.79 Å². The van der Waals surface area contributed by atoms with Crippen LogP contribution < -0.4 is 16.1 Å². The van der Waals surface area contributed by atoms with Crippen LogP contribution in [-0.4, -0.2) is 47.5 Å². The zero-order valence-electron chi connectivity index (χ0n) is 21.0. The smallest absolute Gasteiger partial charge is 0.250 e. The molecule has 0 bridgehead atoms. The molecule has 2 heterocycles. The molecule has 1 unspecified atom stereocenters. The Labute approximate surface area is 223 Å². The summed E-state index contributed by atoms with van der Waals surface area (Å²) in [4.78, 5) is 17.7. The molecule has 2 N–H and O–H groups in total. The van der Waals surface area contributed by atoms with Crippen LogP contribution in [0.5, 0.6) is 0 Å². The number of hydrogen-bond donors (Lipinski definition) is 2. The Morgan fingerprint density at radius 2 is 2.03 bits per heavy atom. The van der Waals surface area contributed by atoms with Gasteiger partial charge < -0.3 is 15.4 Å². The average molecular weight is 516 g/mol. The summed E-state index contributed by atoms with van der Waals surface area (Å²) in [5.41, 5.74) is 4.31. The maximum absolute atomic E-state index is 12.9. The molecule has 9 heteroatoms. The van der Waals surface area contributed by atoms with Gasteiger partial charge in [-0.15, -0.1) is 0 Å². The third kappa shape index (κ3) is 5.91. The zero-order valence-corrected chi connectivity index (χ0v) is 21.8. The number of aromatic nitrogens is 3. The quantitative estimate of drug-likeness (QED) is 0.393. The number of nitrogens with zero attached hydrogens (tertiary/aromatic N) is 3. The SMILES string of the molecule is Bc1cnn2c(NCCCNC(=O)C3=C(OC4C=CC=CC4)C=CCC3)cc(C3=C(Cl)CCC=C3)nc12. The predicted octanol–water partition coefficient (Wildman–Crippen LogP) is 3.71. The first kappa shape index (κ1) is 25.1. The molecule has 190 valence electrons. The minimum Gasteiger partial charge on any atom is -0.486 e. The molecule has 0 radical (unpaired) electrons. The molecule has 2 aromatic rings. The molecule has 3 aliphatic rings. The number of amides is 1. The van der Waals surface area contributed by atoms with E-state index in [1.54, 1.807) is 0 Å². The Kier molecular flexibility index (Phi) is 7.95. The Morgan fingerprint density at radius 3 is 2.86 bits per heavy atom. The van der Waals surface area contributed by atoms with Crippen LogP contribution >= 0.6 is 11.6 Å². The van der Waals surface area contributed by atoms with E-state index in [1.165, 1.54) is 0 Å². The van der Waals surface area contributed by atoms with Crippen molar-refractivity contribution in [3.8, 4) is 0 Å². The molecule has 1 amide bonds. The van der Waals surface area contributed by atoms with Gasteiger partial charge in [-0.05, 0) is 49.7 Å². The third-order valence-electron chi connectivity index (χ3n) is 6.60. The van der Waals surface area contributed by atoms with Gasteiger partial charge in [0.2, 0.25) is 0 Å². The second-order valence-corrected chi connectivity index (χ2v) is 9.83. The monoisotopic (exact) mass is 515 g/mol. The highest BCUT2D eigenvalue weighted by atomic mass is 35.5. The van der Waals surface area contributed by atoms with Crippen LogP contribution in [0.3, 0.4) is 0 Å². The Bertz CT molecular complexity index is 1370. The normalized spacial score (nSPS) is 19.1. The van der Waals surface area contributed by atoms with Gasteiger partial charge in [0.15, 0.2) is 5.65 Å². The van der Waals surface area contributed by atoms with E-state index >= 15 is 0 Å². The third-order valence-corrected chi connectivity index (χ3v) is 6.99. The van der Waals surface area contributed by atoms with Gasteiger partial charge in [0, 0.05) is 42.4 Å². The van der Waals surface area contributed by atoms with Crippen molar-refractivity contribution in [3.05, 3.63) is 82.9 Å².